The van der Waals surface area contributed by atoms with E-state index in [1.807, 2.05) is 0 Å². The molecule has 4 rings (SSSR count). The minimum atomic E-state index is -0.207. The van der Waals surface area contributed by atoms with Gasteiger partial charge in [0, 0.05) is 19.8 Å². The van der Waals surface area contributed by atoms with Crippen molar-refractivity contribution in [1.29, 1.82) is 0 Å². The highest BCUT2D eigenvalue weighted by Gasteiger charge is 2.68. The van der Waals surface area contributed by atoms with Gasteiger partial charge >= 0.3 is 0 Å². The third kappa shape index (κ3) is 1.21. The summed E-state index contributed by atoms with van der Waals surface area (Å²) in [5, 5.41) is 0. The topological polar surface area (TPSA) is 27.7 Å². The van der Waals surface area contributed by atoms with Crippen molar-refractivity contribution in [1.82, 2.24) is 0 Å². The predicted molar refractivity (Wildman–Crippen MR) is 67.5 cm³/mol. The Hall–Kier alpha value is -0.380. The first-order valence-corrected chi connectivity index (χ1v) is 7.42. The van der Waals surface area contributed by atoms with Gasteiger partial charge in [-0.3, -0.25) is 0 Å². The maximum atomic E-state index is 6.36. The van der Waals surface area contributed by atoms with Crippen molar-refractivity contribution in [3.8, 4) is 0 Å². The molecular formula is C15H22O3. The van der Waals surface area contributed by atoms with Crippen LogP contribution in [0.15, 0.2) is 12.2 Å². The Bertz CT molecular complexity index is 356. The first-order chi connectivity index (χ1) is 8.83. The number of rotatable bonds is 0. The fourth-order valence-corrected chi connectivity index (χ4v) is 4.75. The van der Waals surface area contributed by atoms with Crippen LogP contribution in [0.3, 0.4) is 0 Å². The van der Waals surface area contributed by atoms with Gasteiger partial charge in [0.25, 0.3) is 0 Å². The molecule has 0 unspecified atom stereocenters. The molecule has 0 radical (unpaired) electrons. The van der Waals surface area contributed by atoms with E-state index < -0.39 is 0 Å². The molecule has 3 fully saturated rings. The monoisotopic (exact) mass is 250 g/mol. The zero-order valence-electron chi connectivity index (χ0n) is 11.0. The molecule has 4 aliphatic rings. The first kappa shape index (κ1) is 11.4. The van der Waals surface area contributed by atoms with Gasteiger partial charge in [-0.05, 0) is 44.9 Å². The summed E-state index contributed by atoms with van der Waals surface area (Å²) in [5.74, 6) is 0. The normalized spacial score (nSPS) is 51.1. The molecule has 0 saturated carbocycles. The molecule has 1 aliphatic carbocycles. The fraction of sp³-hybridized carbons (Fsp3) is 0.867. The van der Waals surface area contributed by atoms with Crippen LogP contribution in [-0.4, -0.2) is 36.6 Å². The minimum absolute atomic E-state index is 0.109. The Morgan fingerprint density at radius 2 is 1.56 bits per heavy atom. The van der Waals surface area contributed by atoms with Crippen LogP contribution in [0.1, 0.15) is 44.9 Å². The Morgan fingerprint density at radius 1 is 0.778 bits per heavy atom. The van der Waals surface area contributed by atoms with Crippen molar-refractivity contribution in [2.24, 2.45) is 0 Å². The molecular weight excluding hydrogens is 228 g/mol. The van der Waals surface area contributed by atoms with Gasteiger partial charge in [0.2, 0.25) is 0 Å². The molecule has 3 nitrogen and oxygen atoms in total. The summed E-state index contributed by atoms with van der Waals surface area (Å²) in [6.45, 7) is 2.62. The van der Waals surface area contributed by atoms with Crippen LogP contribution in [0, 0.1) is 0 Å². The molecule has 3 aliphatic heterocycles. The zero-order chi connectivity index (χ0) is 12.1. The van der Waals surface area contributed by atoms with Gasteiger partial charge in [-0.2, -0.15) is 0 Å². The van der Waals surface area contributed by atoms with E-state index in [0.29, 0.717) is 0 Å². The molecule has 3 heteroatoms. The summed E-state index contributed by atoms with van der Waals surface area (Å²) in [5.41, 5.74) is -0.517. The predicted octanol–water partition coefficient (Wildman–Crippen LogP) is 2.59. The zero-order valence-corrected chi connectivity index (χ0v) is 11.0. The average molecular weight is 250 g/mol. The number of hydrogen-bond acceptors (Lipinski definition) is 3. The van der Waals surface area contributed by atoms with E-state index in [4.69, 9.17) is 14.2 Å². The van der Waals surface area contributed by atoms with E-state index in [0.717, 1.165) is 64.8 Å². The lowest BCUT2D eigenvalue weighted by Crippen LogP contribution is -2.67. The average Bonchev–Trinajstić information content (AvgIpc) is 3.08. The smallest absolute Gasteiger partial charge is 0.130 e. The molecule has 3 spiro atoms. The SMILES string of the molecule is C1=C[C@]2(CCCO2)[C@]2(CCCO2)[C@@]2(C1)CCCO2. The standard InChI is InChI=1S/C15H22O3/c1-5-13(7-2-10-16-13)15(9-4-12-18-15)14(6-1)8-3-11-17-14/h1,5H,2-4,6-12H2/t13-,14+,15+/m0/s1. The van der Waals surface area contributed by atoms with Crippen molar-refractivity contribution >= 4 is 0 Å². The van der Waals surface area contributed by atoms with Crippen LogP contribution in [-0.2, 0) is 14.2 Å². The first-order valence-electron chi connectivity index (χ1n) is 7.42. The molecule has 0 aromatic rings. The van der Waals surface area contributed by atoms with Crippen LogP contribution < -0.4 is 0 Å². The highest BCUT2D eigenvalue weighted by atomic mass is 16.6. The van der Waals surface area contributed by atoms with Crippen molar-refractivity contribution < 1.29 is 14.2 Å². The maximum Gasteiger partial charge on any atom is 0.130 e. The summed E-state index contributed by atoms with van der Waals surface area (Å²) in [4.78, 5) is 0. The van der Waals surface area contributed by atoms with Crippen LogP contribution in [0.4, 0.5) is 0 Å². The molecule has 0 aromatic carbocycles. The van der Waals surface area contributed by atoms with E-state index in [1.165, 1.54) is 0 Å². The molecule has 3 heterocycles. The minimum Gasteiger partial charge on any atom is -0.372 e. The van der Waals surface area contributed by atoms with Gasteiger partial charge in [0.05, 0.1) is 0 Å². The molecule has 3 saturated heterocycles. The van der Waals surface area contributed by atoms with Gasteiger partial charge in [0.15, 0.2) is 0 Å². The molecule has 0 amide bonds. The van der Waals surface area contributed by atoms with Gasteiger partial charge < -0.3 is 14.2 Å². The van der Waals surface area contributed by atoms with E-state index in [-0.39, 0.29) is 16.8 Å². The third-order valence-corrected chi connectivity index (χ3v) is 5.43. The van der Waals surface area contributed by atoms with Crippen molar-refractivity contribution in [3.05, 3.63) is 12.2 Å². The fourth-order valence-electron chi connectivity index (χ4n) is 4.75. The second kappa shape index (κ2) is 3.81. The third-order valence-electron chi connectivity index (χ3n) is 5.43. The highest BCUT2D eigenvalue weighted by Crippen LogP contribution is 2.58. The lowest BCUT2D eigenvalue weighted by molar-refractivity contribution is -0.244. The molecule has 0 N–H and O–H groups in total. The van der Waals surface area contributed by atoms with Crippen LogP contribution in [0.2, 0.25) is 0 Å². The molecule has 100 valence electrons. The Balaban J connectivity index is 1.84. The molecule has 3 atom stereocenters. The lowest BCUT2D eigenvalue weighted by Gasteiger charge is -2.55. The highest BCUT2D eigenvalue weighted by molar-refractivity contribution is 5.29. The number of hydrogen-bond donors (Lipinski definition) is 0. The largest absolute Gasteiger partial charge is 0.372 e. The number of fused-ring (bicyclic) bond motifs is 2. The molecule has 18 heavy (non-hydrogen) atoms. The summed E-state index contributed by atoms with van der Waals surface area (Å²) < 4.78 is 18.8. The summed E-state index contributed by atoms with van der Waals surface area (Å²) in [6, 6.07) is 0. The second-order valence-corrected chi connectivity index (χ2v) is 6.17. The Labute approximate surface area is 108 Å². The Kier molecular flexibility index (Phi) is 2.42. The Morgan fingerprint density at radius 3 is 2.22 bits per heavy atom. The second-order valence-electron chi connectivity index (χ2n) is 6.17. The summed E-state index contributed by atoms with van der Waals surface area (Å²) in [6.07, 6.45) is 12.3. The van der Waals surface area contributed by atoms with Crippen LogP contribution >= 0.6 is 0 Å². The van der Waals surface area contributed by atoms with Crippen molar-refractivity contribution in [3.63, 3.8) is 0 Å². The van der Waals surface area contributed by atoms with E-state index >= 15 is 0 Å². The van der Waals surface area contributed by atoms with Crippen molar-refractivity contribution in [2.75, 3.05) is 19.8 Å². The van der Waals surface area contributed by atoms with Gasteiger partial charge in [0.1, 0.15) is 16.8 Å². The number of ether oxygens (including phenoxy) is 3. The van der Waals surface area contributed by atoms with Crippen molar-refractivity contribution in [2.45, 2.75) is 61.7 Å². The lowest BCUT2D eigenvalue weighted by atomic mass is 9.62. The van der Waals surface area contributed by atoms with Crippen LogP contribution in [0.5, 0.6) is 0 Å². The van der Waals surface area contributed by atoms with Crippen LogP contribution in [0.25, 0.3) is 0 Å². The molecule has 0 aromatic heterocycles. The van der Waals surface area contributed by atoms with Gasteiger partial charge in [-0.25, -0.2) is 0 Å². The van der Waals surface area contributed by atoms with E-state index in [1.54, 1.807) is 0 Å². The summed E-state index contributed by atoms with van der Waals surface area (Å²) >= 11 is 0. The van der Waals surface area contributed by atoms with Gasteiger partial charge in [-0.15, -0.1) is 0 Å². The quantitative estimate of drug-likeness (QED) is 0.618. The maximum absolute atomic E-state index is 6.36. The van der Waals surface area contributed by atoms with E-state index in [9.17, 15) is 0 Å². The summed E-state index contributed by atoms with van der Waals surface area (Å²) in [7, 11) is 0. The molecule has 0 bridgehead atoms. The van der Waals surface area contributed by atoms with Gasteiger partial charge in [-0.1, -0.05) is 12.2 Å². The van der Waals surface area contributed by atoms with E-state index in [2.05, 4.69) is 12.2 Å².